The monoisotopic (exact) mass is 349 g/mol. The van der Waals surface area contributed by atoms with E-state index in [0.29, 0.717) is 17.4 Å². The lowest BCUT2D eigenvalue weighted by Gasteiger charge is -2.07. The minimum atomic E-state index is -0.517. The molecule has 0 unspecified atom stereocenters. The molecule has 9 heteroatoms. The van der Waals surface area contributed by atoms with Crippen LogP contribution in [-0.4, -0.2) is 32.8 Å². The fourth-order valence-corrected chi connectivity index (χ4v) is 2.37. The van der Waals surface area contributed by atoms with Gasteiger partial charge < -0.3 is 10.1 Å². The molecule has 3 rings (SSSR count). The molecule has 0 aliphatic carbocycles. The number of carbonyl (C=O) groups excluding carboxylic acids is 1. The SMILES string of the molecule is COc1ccc2nnc(CNC(=O)Cc3c(F)cccc3Cl)n2n1. The van der Waals surface area contributed by atoms with Crippen LogP contribution in [0.15, 0.2) is 30.3 Å². The normalized spacial score (nSPS) is 10.8. The van der Waals surface area contributed by atoms with Crippen LogP contribution in [0.25, 0.3) is 5.65 Å². The Hall–Kier alpha value is -2.74. The average molecular weight is 350 g/mol. The van der Waals surface area contributed by atoms with Crippen LogP contribution in [0, 0.1) is 5.82 Å². The molecule has 7 nitrogen and oxygen atoms in total. The predicted octanol–water partition coefficient (Wildman–Crippen LogP) is 1.78. The van der Waals surface area contributed by atoms with Crippen molar-refractivity contribution in [1.82, 2.24) is 25.1 Å². The first-order chi connectivity index (χ1) is 11.6. The van der Waals surface area contributed by atoms with E-state index in [4.69, 9.17) is 16.3 Å². The number of amides is 1. The number of halogens is 2. The Bertz CT molecular complexity index is 878. The Morgan fingerprint density at radius 1 is 1.33 bits per heavy atom. The first-order valence-electron chi connectivity index (χ1n) is 7.03. The van der Waals surface area contributed by atoms with Gasteiger partial charge in [0.25, 0.3) is 0 Å². The second kappa shape index (κ2) is 6.79. The quantitative estimate of drug-likeness (QED) is 0.759. The number of rotatable bonds is 5. The van der Waals surface area contributed by atoms with E-state index in [0.717, 1.165) is 0 Å². The van der Waals surface area contributed by atoms with Crippen LogP contribution in [0.3, 0.4) is 0 Å². The molecule has 0 fully saturated rings. The minimum absolute atomic E-state index is 0.0895. The molecule has 0 radical (unpaired) electrons. The molecule has 24 heavy (non-hydrogen) atoms. The lowest BCUT2D eigenvalue weighted by atomic mass is 10.1. The van der Waals surface area contributed by atoms with E-state index in [-0.39, 0.29) is 29.5 Å². The molecule has 0 saturated carbocycles. The third kappa shape index (κ3) is 3.28. The topological polar surface area (TPSA) is 81.4 Å². The van der Waals surface area contributed by atoms with E-state index < -0.39 is 5.82 Å². The Morgan fingerprint density at radius 3 is 2.92 bits per heavy atom. The van der Waals surface area contributed by atoms with Crippen LogP contribution in [0.4, 0.5) is 4.39 Å². The van der Waals surface area contributed by atoms with Crippen LogP contribution >= 0.6 is 11.6 Å². The summed E-state index contributed by atoms with van der Waals surface area (Å²) in [6.45, 7) is 0.0895. The van der Waals surface area contributed by atoms with Crippen LogP contribution in [0.5, 0.6) is 5.88 Å². The van der Waals surface area contributed by atoms with Crippen molar-refractivity contribution in [2.45, 2.75) is 13.0 Å². The minimum Gasteiger partial charge on any atom is -0.480 e. The van der Waals surface area contributed by atoms with E-state index in [1.807, 2.05) is 0 Å². The maximum absolute atomic E-state index is 13.7. The summed E-state index contributed by atoms with van der Waals surface area (Å²) in [5.74, 6) is -0.0801. The summed E-state index contributed by atoms with van der Waals surface area (Å²) in [5, 5.41) is 15.0. The van der Waals surface area contributed by atoms with Gasteiger partial charge >= 0.3 is 0 Å². The summed E-state index contributed by atoms with van der Waals surface area (Å²) in [4.78, 5) is 12.0. The molecule has 0 spiro atoms. The molecule has 1 amide bonds. The summed E-state index contributed by atoms with van der Waals surface area (Å²) in [5.41, 5.74) is 0.680. The van der Waals surface area contributed by atoms with Gasteiger partial charge in [0.15, 0.2) is 11.5 Å². The second-order valence-electron chi connectivity index (χ2n) is 4.92. The van der Waals surface area contributed by atoms with Gasteiger partial charge in [-0.2, -0.15) is 4.52 Å². The van der Waals surface area contributed by atoms with Crippen molar-refractivity contribution in [1.29, 1.82) is 0 Å². The van der Waals surface area contributed by atoms with Gasteiger partial charge in [0, 0.05) is 16.7 Å². The highest BCUT2D eigenvalue weighted by molar-refractivity contribution is 6.31. The lowest BCUT2D eigenvalue weighted by Crippen LogP contribution is -2.26. The molecule has 3 aromatic rings. The third-order valence-electron chi connectivity index (χ3n) is 3.35. The largest absolute Gasteiger partial charge is 0.480 e. The van der Waals surface area contributed by atoms with Crippen molar-refractivity contribution in [3.63, 3.8) is 0 Å². The van der Waals surface area contributed by atoms with Crippen molar-refractivity contribution in [3.8, 4) is 5.88 Å². The molecule has 1 aromatic carbocycles. The van der Waals surface area contributed by atoms with E-state index in [9.17, 15) is 9.18 Å². The first-order valence-corrected chi connectivity index (χ1v) is 7.41. The number of aromatic nitrogens is 4. The van der Waals surface area contributed by atoms with Crippen LogP contribution in [0.2, 0.25) is 5.02 Å². The van der Waals surface area contributed by atoms with Crippen molar-refractivity contribution in [2.24, 2.45) is 0 Å². The fraction of sp³-hybridized carbons (Fsp3) is 0.200. The van der Waals surface area contributed by atoms with E-state index in [1.165, 1.54) is 29.8 Å². The number of hydrogen-bond acceptors (Lipinski definition) is 5. The molecule has 0 bridgehead atoms. The Morgan fingerprint density at radius 2 is 2.17 bits per heavy atom. The molecule has 2 aromatic heterocycles. The van der Waals surface area contributed by atoms with E-state index in [1.54, 1.807) is 12.1 Å². The molecule has 0 aliphatic rings. The Kier molecular flexibility index (Phi) is 4.57. The van der Waals surface area contributed by atoms with Gasteiger partial charge in [-0.25, -0.2) is 4.39 Å². The molecule has 0 saturated heterocycles. The number of hydrogen-bond donors (Lipinski definition) is 1. The summed E-state index contributed by atoms with van der Waals surface area (Å²) in [7, 11) is 1.50. The van der Waals surface area contributed by atoms with Crippen LogP contribution in [0.1, 0.15) is 11.4 Å². The summed E-state index contributed by atoms with van der Waals surface area (Å²) >= 11 is 5.91. The van der Waals surface area contributed by atoms with Crippen molar-refractivity contribution >= 4 is 23.2 Å². The summed E-state index contributed by atoms with van der Waals surface area (Å²) in [6.07, 6.45) is -0.168. The Balaban J connectivity index is 1.70. The number of fused-ring (bicyclic) bond motifs is 1. The Labute approximate surface area is 141 Å². The predicted molar refractivity (Wildman–Crippen MR) is 84.3 cm³/mol. The standard InChI is InChI=1S/C15H13ClFN5O2/c1-24-15-6-5-12-19-20-13(22(12)21-15)8-18-14(23)7-9-10(16)3-2-4-11(9)17/h2-6H,7-8H2,1H3,(H,18,23). The smallest absolute Gasteiger partial charge is 0.231 e. The van der Waals surface area contributed by atoms with Crippen molar-refractivity contribution in [3.05, 3.63) is 52.6 Å². The van der Waals surface area contributed by atoms with Crippen LogP contribution < -0.4 is 10.1 Å². The molecule has 0 aliphatic heterocycles. The van der Waals surface area contributed by atoms with E-state index >= 15 is 0 Å². The van der Waals surface area contributed by atoms with Gasteiger partial charge in [-0.05, 0) is 18.2 Å². The van der Waals surface area contributed by atoms with Gasteiger partial charge in [-0.15, -0.1) is 15.3 Å². The third-order valence-corrected chi connectivity index (χ3v) is 3.71. The van der Waals surface area contributed by atoms with Crippen LogP contribution in [-0.2, 0) is 17.8 Å². The molecular formula is C15H13ClFN5O2. The zero-order valence-corrected chi connectivity index (χ0v) is 13.4. The van der Waals surface area contributed by atoms with Gasteiger partial charge in [0.05, 0.1) is 20.1 Å². The van der Waals surface area contributed by atoms with Crippen molar-refractivity contribution < 1.29 is 13.9 Å². The highest BCUT2D eigenvalue weighted by Crippen LogP contribution is 2.19. The molecule has 1 N–H and O–H groups in total. The number of carbonyl (C=O) groups is 1. The molecule has 124 valence electrons. The molecular weight excluding hydrogens is 337 g/mol. The number of methoxy groups -OCH3 is 1. The number of benzene rings is 1. The van der Waals surface area contributed by atoms with Gasteiger partial charge in [-0.3, -0.25) is 4.79 Å². The van der Waals surface area contributed by atoms with E-state index in [2.05, 4.69) is 20.6 Å². The summed E-state index contributed by atoms with van der Waals surface area (Å²) in [6, 6.07) is 7.64. The maximum Gasteiger partial charge on any atom is 0.231 e. The maximum atomic E-state index is 13.7. The van der Waals surface area contributed by atoms with Gasteiger partial charge in [0.2, 0.25) is 11.8 Å². The number of ether oxygens (including phenoxy) is 1. The fourth-order valence-electron chi connectivity index (χ4n) is 2.14. The average Bonchev–Trinajstić information content (AvgIpc) is 2.98. The number of nitrogens with zero attached hydrogens (tertiary/aromatic N) is 4. The van der Waals surface area contributed by atoms with Crippen molar-refractivity contribution in [2.75, 3.05) is 7.11 Å². The van der Waals surface area contributed by atoms with Gasteiger partial charge in [-0.1, -0.05) is 17.7 Å². The zero-order chi connectivity index (χ0) is 17.1. The molecule has 2 heterocycles. The van der Waals surface area contributed by atoms with Gasteiger partial charge in [0.1, 0.15) is 5.82 Å². The number of nitrogens with one attached hydrogen (secondary N) is 1. The lowest BCUT2D eigenvalue weighted by molar-refractivity contribution is -0.120. The highest BCUT2D eigenvalue weighted by atomic mass is 35.5. The molecule has 0 atom stereocenters. The second-order valence-corrected chi connectivity index (χ2v) is 5.32. The first kappa shape index (κ1) is 16.1. The summed E-state index contributed by atoms with van der Waals surface area (Å²) < 4.78 is 20.2. The highest BCUT2D eigenvalue weighted by Gasteiger charge is 2.13. The zero-order valence-electron chi connectivity index (χ0n) is 12.7.